The molecule has 0 heterocycles. The van der Waals surface area contributed by atoms with E-state index in [1.807, 2.05) is 0 Å². The van der Waals surface area contributed by atoms with Crippen LogP contribution in [0, 0.1) is 0 Å². The topological polar surface area (TPSA) is 156 Å². The predicted molar refractivity (Wildman–Crippen MR) is 51.4 cm³/mol. The first-order chi connectivity index (χ1) is 4.00. The molecule has 0 bridgehead atoms. The van der Waals surface area contributed by atoms with Gasteiger partial charge in [-0.15, -0.1) is 0 Å². The summed E-state index contributed by atoms with van der Waals surface area (Å²) >= 11 is 0. The first-order valence-corrected chi connectivity index (χ1v) is 4.70. The molecule has 0 aromatic carbocycles. The van der Waals surface area contributed by atoms with Crippen LogP contribution in [-0.2, 0) is 9.13 Å². The van der Waals surface area contributed by atoms with Gasteiger partial charge < -0.3 is 29.4 Å². The normalized spacial score (nSPS) is 9.08. The second kappa shape index (κ2) is 13.5. The second-order valence-corrected chi connectivity index (χ2v) is 3.08. The van der Waals surface area contributed by atoms with E-state index in [-0.39, 0.29) is 96.9 Å². The summed E-state index contributed by atoms with van der Waals surface area (Å²) in [7, 11) is -9.28. The van der Waals surface area contributed by atoms with Gasteiger partial charge >= 0.3 is 112 Å². The van der Waals surface area contributed by atoms with E-state index in [2.05, 4.69) is 0 Å². The summed E-state index contributed by atoms with van der Waals surface area (Å²) < 4.78 is 17.8. The molecule has 0 saturated carbocycles. The zero-order chi connectivity index (χ0) is 9.00. The van der Waals surface area contributed by atoms with Crippen molar-refractivity contribution in [2.24, 2.45) is 0 Å². The molecule has 0 aliphatic carbocycles. The van der Waals surface area contributed by atoms with Crippen molar-refractivity contribution < 1.29 is 38.5 Å². The predicted octanol–water partition coefficient (Wildman–Crippen LogP) is -4.07. The van der Waals surface area contributed by atoms with Crippen molar-refractivity contribution in [2.45, 2.75) is 0 Å². The molecule has 0 saturated heterocycles. The molecule has 0 unspecified atom stereocenters. The molecule has 13 heavy (non-hydrogen) atoms. The van der Waals surface area contributed by atoms with Crippen LogP contribution in [0.2, 0.25) is 0 Å². The van der Waals surface area contributed by atoms with Crippen LogP contribution in [0.5, 0.6) is 0 Å². The van der Waals surface area contributed by atoms with Crippen molar-refractivity contribution in [3.8, 4) is 0 Å². The molecular formula is H10CaNa2O8P2. The summed E-state index contributed by atoms with van der Waals surface area (Å²) in [6, 6.07) is 0. The van der Waals surface area contributed by atoms with Crippen molar-refractivity contribution in [3.05, 3.63) is 0 Å². The first kappa shape index (κ1) is 30.0. The minimum atomic E-state index is -4.64. The van der Waals surface area contributed by atoms with Crippen molar-refractivity contribution >= 4 is 112 Å². The minimum absolute atomic E-state index is 0. The van der Waals surface area contributed by atoms with Crippen LogP contribution in [0.15, 0.2) is 0 Å². The summed E-state index contributed by atoms with van der Waals surface area (Å²) in [6.07, 6.45) is 0. The van der Waals surface area contributed by atoms with Gasteiger partial charge in [0.05, 0.1) is 0 Å². The Balaban J connectivity index is -0.0000000267. The molecule has 0 aromatic rings. The molecule has 0 amide bonds. The van der Waals surface area contributed by atoms with Crippen LogP contribution in [0.1, 0.15) is 0 Å². The third-order valence-corrected chi connectivity index (χ3v) is 0. The van der Waals surface area contributed by atoms with Gasteiger partial charge in [-0.1, -0.05) is 0 Å². The van der Waals surface area contributed by atoms with E-state index in [1.165, 1.54) is 0 Å². The third-order valence-electron chi connectivity index (χ3n) is 0. The van der Waals surface area contributed by atoms with E-state index in [9.17, 15) is 0 Å². The molecule has 13 heteroatoms. The summed E-state index contributed by atoms with van der Waals surface area (Å²) in [5.41, 5.74) is 0. The second-order valence-electron chi connectivity index (χ2n) is 1.03. The molecule has 72 valence electrons. The average molecular weight is 286 g/mol. The maximum absolute atomic E-state index is 8.88. The molecule has 0 atom stereocenters. The number of hydrogen-bond acceptors (Lipinski definition) is 2. The molecule has 6 N–H and O–H groups in total. The van der Waals surface area contributed by atoms with Crippen LogP contribution < -0.4 is 0 Å². The first-order valence-electron chi connectivity index (χ1n) is 1.57. The molecular weight excluding hydrogens is 276 g/mol. The molecule has 8 nitrogen and oxygen atoms in total. The Morgan fingerprint density at radius 1 is 0.615 bits per heavy atom. The number of hydrogen-bond donors (Lipinski definition) is 6. The molecule has 0 aliphatic heterocycles. The van der Waals surface area contributed by atoms with Crippen molar-refractivity contribution in [2.75, 3.05) is 0 Å². The van der Waals surface area contributed by atoms with E-state index in [4.69, 9.17) is 38.5 Å². The molecule has 0 fully saturated rings. The SMILES string of the molecule is O=P(O)(O)O.O=P(O)(O)O.[CaH2].[NaH].[NaH]. The third kappa shape index (κ3) is 232. The van der Waals surface area contributed by atoms with Gasteiger partial charge in [0.25, 0.3) is 0 Å². The molecule has 0 radical (unpaired) electrons. The summed E-state index contributed by atoms with van der Waals surface area (Å²) in [4.78, 5) is 43.1. The summed E-state index contributed by atoms with van der Waals surface area (Å²) in [6.45, 7) is 0. The van der Waals surface area contributed by atoms with E-state index in [0.717, 1.165) is 0 Å². The Morgan fingerprint density at radius 2 is 0.615 bits per heavy atom. The molecule has 0 aromatic heterocycles. The van der Waals surface area contributed by atoms with Crippen LogP contribution in [0.4, 0.5) is 0 Å². The summed E-state index contributed by atoms with van der Waals surface area (Å²) in [5, 5.41) is 0. The van der Waals surface area contributed by atoms with Gasteiger partial charge in [-0.2, -0.15) is 0 Å². The fourth-order valence-corrected chi connectivity index (χ4v) is 0. The van der Waals surface area contributed by atoms with E-state index < -0.39 is 15.6 Å². The Labute approximate surface area is 148 Å². The van der Waals surface area contributed by atoms with Gasteiger partial charge in [0.1, 0.15) is 0 Å². The number of phosphoric acid groups is 2. The van der Waals surface area contributed by atoms with Gasteiger partial charge in [-0.3, -0.25) is 0 Å². The standard InChI is InChI=1S/Ca.2Na.2H3O4P.4H/c;;;2*1-5(2,3)4;;;;/h;;;2*(H3,1,2,3,4);;;;. The van der Waals surface area contributed by atoms with Crippen LogP contribution in [-0.4, -0.2) is 126 Å². The van der Waals surface area contributed by atoms with E-state index >= 15 is 0 Å². The summed E-state index contributed by atoms with van der Waals surface area (Å²) in [5.74, 6) is 0. The van der Waals surface area contributed by atoms with E-state index in [0.29, 0.717) is 0 Å². The van der Waals surface area contributed by atoms with Gasteiger partial charge in [-0.25, -0.2) is 9.13 Å². The molecule has 0 aliphatic rings. The van der Waals surface area contributed by atoms with Crippen LogP contribution in [0.25, 0.3) is 0 Å². The monoisotopic (exact) mass is 286 g/mol. The van der Waals surface area contributed by atoms with Crippen molar-refractivity contribution in [1.82, 2.24) is 0 Å². The Morgan fingerprint density at radius 3 is 0.615 bits per heavy atom. The Hall–Kier alpha value is 3.48. The quantitative estimate of drug-likeness (QED) is 0.194. The van der Waals surface area contributed by atoms with E-state index in [1.54, 1.807) is 0 Å². The van der Waals surface area contributed by atoms with Crippen LogP contribution >= 0.6 is 15.6 Å². The Kier molecular flexibility index (Phi) is 31.2. The fraction of sp³-hybridized carbons (Fsp3) is 0. The van der Waals surface area contributed by atoms with Gasteiger partial charge in [-0.05, 0) is 0 Å². The van der Waals surface area contributed by atoms with Crippen molar-refractivity contribution in [1.29, 1.82) is 0 Å². The number of rotatable bonds is 0. The maximum atomic E-state index is 8.88. The molecule has 0 spiro atoms. The van der Waals surface area contributed by atoms with Gasteiger partial charge in [0.2, 0.25) is 0 Å². The van der Waals surface area contributed by atoms with Gasteiger partial charge in [0.15, 0.2) is 0 Å². The Bertz CT molecular complexity index is 132. The van der Waals surface area contributed by atoms with Crippen molar-refractivity contribution in [3.63, 3.8) is 0 Å². The molecule has 0 rings (SSSR count). The zero-order valence-corrected chi connectivity index (χ0v) is 6.18. The zero-order valence-electron chi connectivity index (χ0n) is 4.39. The fourth-order valence-electron chi connectivity index (χ4n) is 0. The van der Waals surface area contributed by atoms with Crippen LogP contribution in [0.3, 0.4) is 0 Å². The average Bonchev–Trinajstić information content (AvgIpc) is 1.12. The van der Waals surface area contributed by atoms with Gasteiger partial charge in [0, 0.05) is 0 Å².